The molecule has 2 fully saturated rings. The molecule has 168 valence electrons. The van der Waals surface area contributed by atoms with Crippen LogP contribution in [0.3, 0.4) is 0 Å². The molecule has 0 spiro atoms. The van der Waals surface area contributed by atoms with Crippen LogP contribution in [0.4, 0.5) is 0 Å². The number of hydrogen-bond acceptors (Lipinski definition) is 7. The molecule has 0 aromatic heterocycles. The molecule has 2 aromatic carbocycles. The summed E-state index contributed by atoms with van der Waals surface area (Å²) in [5.41, 5.74) is 1.99. The van der Waals surface area contributed by atoms with E-state index in [1.807, 2.05) is 48.5 Å². The van der Waals surface area contributed by atoms with E-state index in [1.54, 1.807) is 21.3 Å². The van der Waals surface area contributed by atoms with Crippen LogP contribution in [0.1, 0.15) is 24.3 Å². The lowest BCUT2D eigenvalue weighted by molar-refractivity contribution is -0.354. The molecular formula is C24H30O7. The summed E-state index contributed by atoms with van der Waals surface area (Å²) in [6, 6.07) is 15.5. The van der Waals surface area contributed by atoms with Crippen LogP contribution >= 0.6 is 0 Å². The van der Waals surface area contributed by atoms with Gasteiger partial charge in [-0.25, -0.2) is 0 Å². The molecule has 6 atom stereocenters. The van der Waals surface area contributed by atoms with Crippen molar-refractivity contribution in [3.05, 3.63) is 59.7 Å². The fourth-order valence-electron chi connectivity index (χ4n) is 4.08. The van der Waals surface area contributed by atoms with E-state index in [4.69, 9.17) is 33.2 Å². The van der Waals surface area contributed by atoms with Gasteiger partial charge in [-0.3, -0.25) is 0 Å². The molecule has 0 aliphatic carbocycles. The zero-order valence-electron chi connectivity index (χ0n) is 18.4. The van der Waals surface area contributed by atoms with Crippen LogP contribution in [-0.2, 0) is 30.3 Å². The van der Waals surface area contributed by atoms with Gasteiger partial charge in [0.2, 0.25) is 0 Å². The highest BCUT2D eigenvalue weighted by Gasteiger charge is 2.48. The van der Waals surface area contributed by atoms with Gasteiger partial charge in [-0.15, -0.1) is 0 Å². The van der Waals surface area contributed by atoms with Crippen molar-refractivity contribution < 1.29 is 33.2 Å². The zero-order valence-corrected chi connectivity index (χ0v) is 18.4. The first-order chi connectivity index (χ1) is 15.1. The van der Waals surface area contributed by atoms with Crippen LogP contribution < -0.4 is 9.47 Å². The van der Waals surface area contributed by atoms with Gasteiger partial charge in [0.15, 0.2) is 12.6 Å². The second-order valence-corrected chi connectivity index (χ2v) is 7.80. The molecule has 7 nitrogen and oxygen atoms in total. The van der Waals surface area contributed by atoms with Gasteiger partial charge >= 0.3 is 0 Å². The molecule has 0 amide bonds. The second-order valence-electron chi connectivity index (χ2n) is 7.80. The molecular weight excluding hydrogens is 400 g/mol. The summed E-state index contributed by atoms with van der Waals surface area (Å²) in [4.78, 5) is 0. The van der Waals surface area contributed by atoms with E-state index < -0.39 is 12.6 Å². The minimum Gasteiger partial charge on any atom is -0.497 e. The van der Waals surface area contributed by atoms with E-state index in [9.17, 15) is 0 Å². The Hall–Kier alpha value is -2.16. The summed E-state index contributed by atoms with van der Waals surface area (Å²) in [5.74, 6) is 1.66. The van der Waals surface area contributed by atoms with Crippen molar-refractivity contribution in [2.75, 3.05) is 27.9 Å². The van der Waals surface area contributed by atoms with Gasteiger partial charge in [0.25, 0.3) is 0 Å². The molecule has 2 heterocycles. The zero-order chi connectivity index (χ0) is 21.8. The molecule has 31 heavy (non-hydrogen) atoms. The molecule has 2 aliphatic heterocycles. The first-order valence-corrected chi connectivity index (χ1v) is 10.5. The predicted octanol–water partition coefficient (Wildman–Crippen LogP) is 3.71. The number of ether oxygens (including phenoxy) is 7. The van der Waals surface area contributed by atoms with Crippen molar-refractivity contribution in [1.29, 1.82) is 0 Å². The first-order valence-electron chi connectivity index (χ1n) is 10.5. The van der Waals surface area contributed by atoms with Crippen molar-refractivity contribution in [3.8, 4) is 11.5 Å². The Labute approximate surface area is 183 Å². The molecule has 2 aliphatic rings. The van der Waals surface area contributed by atoms with Crippen molar-refractivity contribution in [1.82, 2.24) is 0 Å². The number of rotatable bonds is 7. The first kappa shape index (κ1) is 22.0. The van der Waals surface area contributed by atoms with Crippen molar-refractivity contribution in [2.24, 2.45) is 5.92 Å². The number of hydrogen-bond donors (Lipinski definition) is 0. The molecule has 7 heteroatoms. The van der Waals surface area contributed by atoms with E-state index in [-0.39, 0.29) is 24.2 Å². The van der Waals surface area contributed by atoms with Crippen molar-refractivity contribution in [3.63, 3.8) is 0 Å². The summed E-state index contributed by atoms with van der Waals surface area (Å²) >= 11 is 0. The maximum atomic E-state index is 6.33. The molecule has 4 rings (SSSR count). The topological polar surface area (TPSA) is 64.6 Å². The summed E-state index contributed by atoms with van der Waals surface area (Å²) in [6.45, 7) is 2.98. The maximum Gasteiger partial charge on any atom is 0.184 e. The maximum absolute atomic E-state index is 6.33. The highest BCUT2D eigenvalue weighted by molar-refractivity contribution is 5.28. The Kier molecular flexibility index (Phi) is 7.09. The summed E-state index contributed by atoms with van der Waals surface area (Å²) in [7, 11) is 4.93. The highest BCUT2D eigenvalue weighted by Crippen LogP contribution is 2.38. The van der Waals surface area contributed by atoms with Crippen LogP contribution in [0.15, 0.2) is 48.5 Å². The summed E-state index contributed by atoms with van der Waals surface area (Å²) in [5, 5.41) is 0. The van der Waals surface area contributed by atoms with Crippen molar-refractivity contribution in [2.45, 2.75) is 44.4 Å². The normalized spacial score (nSPS) is 30.5. The Balaban J connectivity index is 1.43. The molecule has 1 unspecified atom stereocenters. The predicted molar refractivity (Wildman–Crippen MR) is 113 cm³/mol. The largest absolute Gasteiger partial charge is 0.497 e. The van der Waals surface area contributed by atoms with E-state index in [2.05, 4.69) is 6.92 Å². The van der Waals surface area contributed by atoms with Crippen LogP contribution in [0.2, 0.25) is 0 Å². The number of fused-ring (bicyclic) bond motifs is 1. The van der Waals surface area contributed by atoms with E-state index in [0.29, 0.717) is 13.2 Å². The van der Waals surface area contributed by atoms with E-state index in [0.717, 1.165) is 22.6 Å². The summed E-state index contributed by atoms with van der Waals surface area (Å²) < 4.78 is 40.7. The minimum atomic E-state index is -0.487. The third-order valence-electron chi connectivity index (χ3n) is 5.89. The van der Waals surface area contributed by atoms with Crippen LogP contribution in [0, 0.1) is 5.92 Å². The lowest BCUT2D eigenvalue weighted by Crippen LogP contribution is -2.59. The Morgan fingerprint density at radius 1 is 0.871 bits per heavy atom. The Morgan fingerprint density at radius 3 is 2.13 bits per heavy atom. The lowest BCUT2D eigenvalue weighted by atomic mass is 9.89. The molecule has 2 aromatic rings. The monoisotopic (exact) mass is 430 g/mol. The lowest BCUT2D eigenvalue weighted by Gasteiger charge is -2.48. The second kappa shape index (κ2) is 9.97. The standard InChI is InChI=1S/C24H30O7/c1-15-21-20(14-29-23(31-21)17-7-11-19(26-3)12-8-17)30-24(27-4)22(15)28-13-16-5-9-18(25-2)10-6-16/h5-12,15,20-24H,13-14H2,1-4H3/t15-,20+,21-,22+,23?,24-/m0/s1. The van der Waals surface area contributed by atoms with Gasteiger partial charge < -0.3 is 33.2 Å². The summed E-state index contributed by atoms with van der Waals surface area (Å²) in [6.07, 6.45) is -1.61. The third-order valence-corrected chi connectivity index (χ3v) is 5.89. The van der Waals surface area contributed by atoms with Gasteiger partial charge in [-0.1, -0.05) is 31.2 Å². The van der Waals surface area contributed by atoms with Gasteiger partial charge in [-0.2, -0.15) is 0 Å². The van der Waals surface area contributed by atoms with E-state index in [1.165, 1.54) is 0 Å². The molecule has 2 saturated heterocycles. The fraction of sp³-hybridized carbons (Fsp3) is 0.500. The van der Waals surface area contributed by atoms with Crippen LogP contribution in [0.25, 0.3) is 0 Å². The number of methoxy groups -OCH3 is 3. The average Bonchev–Trinajstić information content (AvgIpc) is 2.83. The fourth-order valence-corrected chi connectivity index (χ4v) is 4.08. The Morgan fingerprint density at radius 2 is 1.52 bits per heavy atom. The van der Waals surface area contributed by atoms with Crippen LogP contribution in [-0.4, -0.2) is 52.5 Å². The molecule has 0 radical (unpaired) electrons. The van der Waals surface area contributed by atoms with Crippen molar-refractivity contribution >= 4 is 0 Å². The third kappa shape index (κ3) is 4.86. The van der Waals surface area contributed by atoms with Gasteiger partial charge in [-0.05, 0) is 29.8 Å². The van der Waals surface area contributed by atoms with Crippen LogP contribution in [0.5, 0.6) is 11.5 Å². The van der Waals surface area contributed by atoms with E-state index >= 15 is 0 Å². The molecule has 0 N–H and O–H groups in total. The quantitative estimate of drug-likeness (QED) is 0.663. The SMILES string of the molecule is COc1ccc(CO[C@H]2[C@@H](OC)O[C@@H]3COC(c4ccc(OC)cc4)O[C@H]3[C@@H]2C)cc1. The average molecular weight is 430 g/mol. The minimum absolute atomic E-state index is 0.0478. The molecule has 0 bridgehead atoms. The van der Waals surface area contributed by atoms with Gasteiger partial charge in [0.1, 0.15) is 23.7 Å². The highest BCUT2D eigenvalue weighted by atomic mass is 16.7. The Bertz CT molecular complexity index is 817. The molecule has 0 saturated carbocycles. The number of benzene rings is 2. The van der Waals surface area contributed by atoms with Gasteiger partial charge in [0, 0.05) is 18.6 Å². The smallest absolute Gasteiger partial charge is 0.184 e. The van der Waals surface area contributed by atoms with Gasteiger partial charge in [0.05, 0.1) is 33.5 Å².